The van der Waals surface area contributed by atoms with Crippen LogP contribution in [-0.2, 0) is 4.74 Å². The van der Waals surface area contributed by atoms with Crippen molar-refractivity contribution in [2.75, 3.05) is 33.4 Å². The van der Waals surface area contributed by atoms with Crippen LogP contribution in [0.15, 0.2) is 18.2 Å². The molecule has 2 unspecified atom stereocenters. The third-order valence-electron chi connectivity index (χ3n) is 4.13. The molecule has 4 heteroatoms. The lowest BCUT2D eigenvalue weighted by atomic mass is 9.98. The number of rotatable bonds is 4. The molecule has 2 aliphatic rings. The van der Waals surface area contributed by atoms with Crippen molar-refractivity contribution < 1.29 is 14.2 Å². The lowest BCUT2D eigenvalue weighted by molar-refractivity contribution is 0.00643. The van der Waals surface area contributed by atoms with Crippen molar-refractivity contribution in [2.45, 2.75) is 31.3 Å². The first-order chi connectivity index (χ1) is 9.86. The molecule has 1 aromatic carbocycles. The molecule has 0 radical (unpaired) electrons. The summed E-state index contributed by atoms with van der Waals surface area (Å²) in [5, 5.41) is 3.40. The van der Waals surface area contributed by atoms with E-state index in [0.717, 1.165) is 44.0 Å². The van der Waals surface area contributed by atoms with Crippen molar-refractivity contribution in [1.29, 1.82) is 0 Å². The fraction of sp³-hybridized carbons (Fsp3) is 0.625. The maximum Gasteiger partial charge on any atom is 0.161 e. The van der Waals surface area contributed by atoms with Gasteiger partial charge >= 0.3 is 0 Å². The summed E-state index contributed by atoms with van der Waals surface area (Å²) >= 11 is 0. The zero-order valence-corrected chi connectivity index (χ0v) is 12.1. The van der Waals surface area contributed by atoms with Crippen molar-refractivity contribution >= 4 is 0 Å². The summed E-state index contributed by atoms with van der Waals surface area (Å²) in [5.41, 5.74) is 1.33. The van der Waals surface area contributed by atoms with Crippen molar-refractivity contribution in [2.24, 2.45) is 0 Å². The van der Waals surface area contributed by atoms with Gasteiger partial charge in [0.1, 0.15) is 6.10 Å². The van der Waals surface area contributed by atoms with Gasteiger partial charge in [-0.2, -0.15) is 0 Å². The highest BCUT2D eigenvalue weighted by Gasteiger charge is 2.20. The molecule has 0 aliphatic carbocycles. The third-order valence-corrected chi connectivity index (χ3v) is 4.13. The first kappa shape index (κ1) is 13.7. The second-order valence-electron chi connectivity index (χ2n) is 5.56. The molecule has 0 saturated carbocycles. The van der Waals surface area contributed by atoms with Gasteiger partial charge in [0.05, 0.1) is 13.7 Å². The minimum absolute atomic E-state index is 0.150. The summed E-state index contributed by atoms with van der Waals surface area (Å²) in [6, 6.07) is 6.33. The normalized spacial score (nSPS) is 26.4. The molecule has 2 aliphatic heterocycles. The number of methoxy groups -OCH3 is 1. The SMILES string of the molecule is COc1cc(C2CCNC2)ccc1OC1CCCOC1. The Labute approximate surface area is 120 Å². The van der Waals surface area contributed by atoms with Gasteiger partial charge in [0.15, 0.2) is 11.5 Å². The Hall–Kier alpha value is -1.26. The van der Waals surface area contributed by atoms with E-state index in [-0.39, 0.29) is 6.10 Å². The number of ether oxygens (including phenoxy) is 3. The topological polar surface area (TPSA) is 39.7 Å². The number of nitrogens with one attached hydrogen (secondary N) is 1. The third kappa shape index (κ3) is 3.07. The fourth-order valence-electron chi connectivity index (χ4n) is 2.96. The van der Waals surface area contributed by atoms with Crippen LogP contribution in [0.25, 0.3) is 0 Å². The molecule has 3 rings (SSSR count). The molecule has 2 saturated heterocycles. The van der Waals surface area contributed by atoms with Crippen LogP contribution < -0.4 is 14.8 Å². The molecule has 0 amide bonds. The molecule has 1 N–H and O–H groups in total. The first-order valence-electron chi connectivity index (χ1n) is 7.50. The Balaban J connectivity index is 1.73. The van der Waals surface area contributed by atoms with E-state index in [4.69, 9.17) is 14.2 Å². The average molecular weight is 277 g/mol. The molecule has 0 aromatic heterocycles. The van der Waals surface area contributed by atoms with Crippen molar-refractivity contribution in [1.82, 2.24) is 5.32 Å². The quantitative estimate of drug-likeness (QED) is 0.917. The van der Waals surface area contributed by atoms with Crippen molar-refractivity contribution in [3.8, 4) is 11.5 Å². The highest BCUT2D eigenvalue weighted by Crippen LogP contribution is 2.34. The molecule has 4 nitrogen and oxygen atoms in total. The largest absolute Gasteiger partial charge is 0.493 e. The zero-order chi connectivity index (χ0) is 13.8. The average Bonchev–Trinajstić information content (AvgIpc) is 3.03. The van der Waals surface area contributed by atoms with E-state index >= 15 is 0 Å². The van der Waals surface area contributed by atoms with E-state index in [1.165, 1.54) is 12.0 Å². The van der Waals surface area contributed by atoms with E-state index in [9.17, 15) is 0 Å². The van der Waals surface area contributed by atoms with Gasteiger partial charge in [-0.3, -0.25) is 0 Å². The van der Waals surface area contributed by atoms with Gasteiger partial charge in [0.25, 0.3) is 0 Å². The van der Waals surface area contributed by atoms with Crippen LogP contribution in [0.2, 0.25) is 0 Å². The molecule has 1 aromatic rings. The summed E-state index contributed by atoms with van der Waals surface area (Å²) in [6.07, 6.45) is 3.47. The van der Waals surface area contributed by atoms with Crippen LogP contribution in [0.4, 0.5) is 0 Å². The van der Waals surface area contributed by atoms with Gasteiger partial charge in [-0.25, -0.2) is 0 Å². The van der Waals surface area contributed by atoms with E-state index in [1.54, 1.807) is 7.11 Å². The van der Waals surface area contributed by atoms with Crippen LogP contribution in [0.5, 0.6) is 11.5 Å². The molecule has 2 fully saturated rings. The summed E-state index contributed by atoms with van der Waals surface area (Å²) in [7, 11) is 1.70. The minimum atomic E-state index is 0.150. The van der Waals surface area contributed by atoms with Crippen molar-refractivity contribution in [3.63, 3.8) is 0 Å². The molecular formula is C16H23NO3. The fourth-order valence-corrected chi connectivity index (χ4v) is 2.96. The number of hydrogen-bond donors (Lipinski definition) is 1. The monoisotopic (exact) mass is 277 g/mol. The van der Waals surface area contributed by atoms with Gasteiger partial charge < -0.3 is 19.5 Å². The highest BCUT2D eigenvalue weighted by molar-refractivity contribution is 5.44. The smallest absolute Gasteiger partial charge is 0.161 e. The van der Waals surface area contributed by atoms with Crippen LogP contribution in [0, 0.1) is 0 Å². The molecule has 2 atom stereocenters. The van der Waals surface area contributed by atoms with E-state index in [1.807, 2.05) is 6.07 Å². The predicted molar refractivity (Wildman–Crippen MR) is 77.7 cm³/mol. The molecule has 0 spiro atoms. The molecule has 110 valence electrons. The van der Waals surface area contributed by atoms with Gasteiger partial charge in [0.2, 0.25) is 0 Å². The molecule has 2 heterocycles. The molecule has 0 bridgehead atoms. The van der Waals surface area contributed by atoms with Gasteiger partial charge in [-0.15, -0.1) is 0 Å². The Morgan fingerprint density at radius 2 is 2.20 bits per heavy atom. The molecular weight excluding hydrogens is 254 g/mol. The van der Waals surface area contributed by atoms with Crippen LogP contribution in [0.3, 0.4) is 0 Å². The lowest BCUT2D eigenvalue weighted by Crippen LogP contribution is -2.28. The summed E-state index contributed by atoms with van der Waals surface area (Å²) in [4.78, 5) is 0. The number of hydrogen-bond acceptors (Lipinski definition) is 4. The number of benzene rings is 1. The van der Waals surface area contributed by atoms with E-state index in [0.29, 0.717) is 12.5 Å². The Kier molecular flexibility index (Phi) is 4.43. The zero-order valence-electron chi connectivity index (χ0n) is 12.1. The summed E-state index contributed by atoms with van der Waals surface area (Å²) in [6.45, 7) is 3.69. The Bertz CT molecular complexity index is 437. The second kappa shape index (κ2) is 6.46. The Morgan fingerprint density at radius 3 is 2.90 bits per heavy atom. The Morgan fingerprint density at radius 1 is 1.25 bits per heavy atom. The van der Waals surface area contributed by atoms with Gasteiger partial charge in [-0.05, 0) is 49.4 Å². The molecule has 20 heavy (non-hydrogen) atoms. The van der Waals surface area contributed by atoms with Gasteiger partial charge in [-0.1, -0.05) is 6.07 Å². The maximum atomic E-state index is 6.03. The highest BCUT2D eigenvalue weighted by atomic mass is 16.5. The van der Waals surface area contributed by atoms with Crippen LogP contribution >= 0.6 is 0 Å². The van der Waals surface area contributed by atoms with Gasteiger partial charge in [0, 0.05) is 13.2 Å². The predicted octanol–water partition coefficient (Wildman–Crippen LogP) is 2.33. The van der Waals surface area contributed by atoms with Crippen molar-refractivity contribution in [3.05, 3.63) is 23.8 Å². The second-order valence-corrected chi connectivity index (χ2v) is 5.56. The first-order valence-corrected chi connectivity index (χ1v) is 7.50. The maximum absolute atomic E-state index is 6.03. The minimum Gasteiger partial charge on any atom is -0.493 e. The van der Waals surface area contributed by atoms with E-state index < -0.39 is 0 Å². The van der Waals surface area contributed by atoms with E-state index in [2.05, 4.69) is 17.4 Å². The lowest BCUT2D eigenvalue weighted by Gasteiger charge is -2.24. The van der Waals surface area contributed by atoms with Crippen LogP contribution in [-0.4, -0.2) is 39.5 Å². The van der Waals surface area contributed by atoms with Crippen LogP contribution in [0.1, 0.15) is 30.7 Å². The standard InChI is InChI=1S/C16H23NO3/c1-18-16-9-12(13-6-7-17-10-13)4-5-15(16)20-14-3-2-8-19-11-14/h4-5,9,13-14,17H,2-3,6-8,10-11H2,1H3. The summed E-state index contributed by atoms with van der Waals surface area (Å²) < 4.78 is 17.0. The summed E-state index contributed by atoms with van der Waals surface area (Å²) in [5.74, 6) is 2.26.